The lowest BCUT2D eigenvalue weighted by atomic mass is 10.1. The first-order valence-electron chi connectivity index (χ1n) is 4.52. The van der Waals surface area contributed by atoms with Crippen molar-refractivity contribution in [2.24, 2.45) is 4.99 Å². The Morgan fingerprint density at radius 3 is 2.75 bits per heavy atom. The second-order valence-electron chi connectivity index (χ2n) is 3.99. The fourth-order valence-electron chi connectivity index (χ4n) is 0.971. The summed E-state index contributed by atoms with van der Waals surface area (Å²) in [6.07, 6.45) is 1.12. The molecule has 0 spiro atoms. The predicted molar refractivity (Wildman–Crippen MR) is 56.9 cm³/mol. The summed E-state index contributed by atoms with van der Waals surface area (Å²) >= 11 is 1.83. The molecular weight excluding hydrogens is 168 g/mol. The van der Waals surface area contributed by atoms with Crippen LogP contribution >= 0.6 is 11.8 Å². The van der Waals surface area contributed by atoms with Gasteiger partial charge in [0.05, 0.1) is 0 Å². The molecule has 1 fully saturated rings. The molecular formula is C9H18N2S. The number of hydrogen-bond acceptors (Lipinski definition) is 2. The van der Waals surface area contributed by atoms with E-state index in [4.69, 9.17) is 0 Å². The Kier molecular flexibility index (Phi) is 3.04. The topological polar surface area (TPSA) is 24.4 Å². The first-order chi connectivity index (χ1) is 5.53. The van der Waals surface area contributed by atoms with Crippen molar-refractivity contribution >= 4 is 16.9 Å². The molecule has 0 bridgehead atoms. The molecule has 0 aliphatic carbocycles. The van der Waals surface area contributed by atoms with Gasteiger partial charge in [-0.2, -0.15) is 0 Å². The Labute approximate surface area is 79.2 Å². The maximum Gasteiger partial charge on any atom is 0.157 e. The largest absolute Gasteiger partial charge is 0.359 e. The Hall–Kier alpha value is -0.180. The smallest absolute Gasteiger partial charge is 0.157 e. The third-order valence-corrected chi connectivity index (χ3v) is 3.29. The molecule has 1 rings (SSSR count). The van der Waals surface area contributed by atoms with E-state index in [1.165, 1.54) is 0 Å². The van der Waals surface area contributed by atoms with E-state index in [1.54, 1.807) is 0 Å². The zero-order valence-corrected chi connectivity index (χ0v) is 9.16. The summed E-state index contributed by atoms with van der Waals surface area (Å²) in [6, 6.07) is 0.453. The van der Waals surface area contributed by atoms with Crippen LogP contribution in [0.15, 0.2) is 4.99 Å². The molecule has 1 unspecified atom stereocenters. The lowest BCUT2D eigenvalue weighted by Crippen LogP contribution is -2.37. The van der Waals surface area contributed by atoms with Crippen molar-refractivity contribution in [1.82, 2.24) is 5.32 Å². The maximum absolute atomic E-state index is 4.56. The molecule has 0 aromatic heterocycles. The van der Waals surface area contributed by atoms with E-state index in [2.05, 4.69) is 38.0 Å². The fraction of sp³-hybridized carbons (Fsp3) is 0.889. The number of rotatable bonds is 2. The minimum atomic E-state index is 0.233. The van der Waals surface area contributed by atoms with E-state index in [1.807, 2.05) is 11.8 Å². The highest BCUT2D eigenvalue weighted by Crippen LogP contribution is 2.22. The van der Waals surface area contributed by atoms with Crippen molar-refractivity contribution in [3.8, 4) is 0 Å². The van der Waals surface area contributed by atoms with Gasteiger partial charge in [-0.25, -0.2) is 0 Å². The molecule has 1 heterocycles. The average Bonchev–Trinajstić information content (AvgIpc) is 2.30. The van der Waals surface area contributed by atoms with Gasteiger partial charge in [0.15, 0.2) is 5.17 Å². The molecule has 12 heavy (non-hydrogen) atoms. The number of amidine groups is 1. The average molecular weight is 186 g/mol. The molecule has 1 atom stereocenters. The van der Waals surface area contributed by atoms with Crippen molar-refractivity contribution in [2.75, 3.05) is 5.75 Å². The lowest BCUT2D eigenvalue weighted by molar-refractivity contribution is 0.534. The summed E-state index contributed by atoms with van der Waals surface area (Å²) in [5.74, 6) is 1.13. The molecule has 1 N–H and O–H groups in total. The highest BCUT2D eigenvalue weighted by atomic mass is 32.2. The number of hydrogen-bond donors (Lipinski definition) is 1. The second kappa shape index (κ2) is 3.69. The summed E-state index contributed by atoms with van der Waals surface area (Å²) < 4.78 is 0. The van der Waals surface area contributed by atoms with E-state index in [9.17, 15) is 0 Å². The lowest BCUT2D eigenvalue weighted by Gasteiger charge is -2.16. The van der Waals surface area contributed by atoms with Gasteiger partial charge in [0.25, 0.3) is 0 Å². The summed E-state index contributed by atoms with van der Waals surface area (Å²) in [4.78, 5) is 4.56. The van der Waals surface area contributed by atoms with Crippen LogP contribution in [0.4, 0.5) is 0 Å². The normalized spacial score (nSPS) is 27.2. The van der Waals surface area contributed by atoms with E-state index in [-0.39, 0.29) is 5.54 Å². The van der Waals surface area contributed by atoms with Crippen molar-refractivity contribution in [1.29, 1.82) is 0 Å². The van der Waals surface area contributed by atoms with E-state index >= 15 is 0 Å². The second-order valence-corrected chi connectivity index (χ2v) is 4.95. The predicted octanol–water partition coefficient (Wildman–Crippen LogP) is 2.26. The van der Waals surface area contributed by atoms with Crippen molar-refractivity contribution in [3.63, 3.8) is 0 Å². The minimum absolute atomic E-state index is 0.233. The van der Waals surface area contributed by atoms with Gasteiger partial charge in [-0.1, -0.05) is 18.7 Å². The zero-order valence-electron chi connectivity index (χ0n) is 8.35. The van der Waals surface area contributed by atoms with Crippen LogP contribution in [0.25, 0.3) is 0 Å². The zero-order chi connectivity index (χ0) is 9.19. The first-order valence-corrected chi connectivity index (χ1v) is 5.51. The number of thioether (sulfide) groups is 1. The molecule has 2 nitrogen and oxygen atoms in total. The minimum Gasteiger partial charge on any atom is -0.359 e. The molecule has 70 valence electrons. The van der Waals surface area contributed by atoms with Gasteiger partial charge in [-0.15, -0.1) is 0 Å². The maximum atomic E-state index is 4.56. The summed E-state index contributed by atoms with van der Waals surface area (Å²) in [5.41, 5.74) is 0.233. The molecule has 1 aliphatic rings. The van der Waals surface area contributed by atoms with Crippen molar-refractivity contribution < 1.29 is 0 Å². The number of nitrogens with zero attached hydrogens (tertiary/aromatic N) is 1. The number of nitrogens with one attached hydrogen (secondary N) is 1. The highest BCUT2D eigenvalue weighted by molar-refractivity contribution is 8.14. The standard InChI is InChI=1S/C9H18N2S/c1-5-7(2)10-8-11-9(3,4)6-12-8/h7H,5-6H2,1-4H3,(H,10,11). The summed E-state index contributed by atoms with van der Waals surface area (Å²) in [7, 11) is 0. The SMILES string of the molecule is CCC(C)N=C1NC(C)(C)CS1. The van der Waals surface area contributed by atoms with Crippen LogP contribution < -0.4 is 5.32 Å². The van der Waals surface area contributed by atoms with Gasteiger partial charge in [0, 0.05) is 17.3 Å². The highest BCUT2D eigenvalue weighted by Gasteiger charge is 2.27. The van der Waals surface area contributed by atoms with Gasteiger partial charge in [-0.05, 0) is 27.2 Å². The Balaban J connectivity index is 2.51. The van der Waals surface area contributed by atoms with Crippen LogP contribution in [0.3, 0.4) is 0 Å². The van der Waals surface area contributed by atoms with Crippen LogP contribution in [-0.4, -0.2) is 22.5 Å². The van der Waals surface area contributed by atoms with E-state index in [0.29, 0.717) is 6.04 Å². The monoisotopic (exact) mass is 186 g/mol. The molecule has 0 amide bonds. The van der Waals surface area contributed by atoms with Gasteiger partial charge >= 0.3 is 0 Å². The van der Waals surface area contributed by atoms with Gasteiger partial charge in [0.2, 0.25) is 0 Å². The molecule has 0 radical (unpaired) electrons. The van der Waals surface area contributed by atoms with Gasteiger partial charge in [0.1, 0.15) is 0 Å². The summed E-state index contributed by atoms with van der Waals surface area (Å²) in [6.45, 7) is 8.73. The number of aliphatic imine (C=N–C) groups is 1. The molecule has 0 aromatic rings. The Morgan fingerprint density at radius 1 is 1.67 bits per heavy atom. The van der Waals surface area contributed by atoms with Gasteiger partial charge in [-0.3, -0.25) is 4.99 Å². The van der Waals surface area contributed by atoms with Crippen molar-refractivity contribution in [3.05, 3.63) is 0 Å². The fourth-order valence-corrected chi connectivity index (χ4v) is 2.14. The molecule has 1 aliphatic heterocycles. The quantitative estimate of drug-likeness (QED) is 0.715. The first kappa shape index (κ1) is 9.90. The molecule has 0 saturated carbocycles. The Morgan fingerprint density at radius 2 is 2.33 bits per heavy atom. The molecule has 0 aromatic carbocycles. The third kappa shape index (κ3) is 2.70. The van der Waals surface area contributed by atoms with E-state index in [0.717, 1.165) is 17.3 Å². The molecule has 1 saturated heterocycles. The van der Waals surface area contributed by atoms with Crippen LogP contribution in [0, 0.1) is 0 Å². The van der Waals surface area contributed by atoms with E-state index < -0.39 is 0 Å². The van der Waals surface area contributed by atoms with Crippen molar-refractivity contribution in [2.45, 2.75) is 45.7 Å². The third-order valence-electron chi connectivity index (χ3n) is 1.94. The summed E-state index contributed by atoms with van der Waals surface area (Å²) in [5, 5.41) is 4.53. The Bertz CT molecular complexity index is 187. The van der Waals surface area contributed by atoms with Gasteiger partial charge < -0.3 is 5.32 Å². The van der Waals surface area contributed by atoms with Crippen LogP contribution in [-0.2, 0) is 0 Å². The van der Waals surface area contributed by atoms with Crippen LogP contribution in [0.5, 0.6) is 0 Å². The van der Waals surface area contributed by atoms with Crippen LogP contribution in [0.2, 0.25) is 0 Å². The van der Waals surface area contributed by atoms with Crippen LogP contribution in [0.1, 0.15) is 34.1 Å². The molecule has 3 heteroatoms.